The fourth-order valence-corrected chi connectivity index (χ4v) is 3.63. The first-order valence-electron chi connectivity index (χ1n) is 9.05. The minimum absolute atomic E-state index is 0.0461. The average Bonchev–Trinajstić information content (AvgIpc) is 3.10. The van der Waals surface area contributed by atoms with E-state index >= 15 is 0 Å². The van der Waals surface area contributed by atoms with Crippen LogP contribution in [-0.2, 0) is 9.53 Å². The molecule has 8 heteroatoms. The number of aromatic hydroxyl groups is 1. The summed E-state index contributed by atoms with van der Waals surface area (Å²) >= 11 is 5.29. The van der Waals surface area contributed by atoms with E-state index in [9.17, 15) is 14.7 Å². The van der Waals surface area contributed by atoms with E-state index in [1.807, 2.05) is 25.1 Å². The molecule has 0 fully saturated rings. The summed E-state index contributed by atoms with van der Waals surface area (Å²) in [6.45, 7) is 1.87. The highest BCUT2D eigenvalue weighted by molar-refractivity contribution is 7.71. The Kier molecular flexibility index (Phi) is 4.93. The van der Waals surface area contributed by atoms with Gasteiger partial charge in [-0.05, 0) is 42.9 Å². The lowest BCUT2D eigenvalue weighted by molar-refractivity contribution is -0.132. The third-order valence-electron chi connectivity index (χ3n) is 4.83. The number of carbonyl (C=O) groups is 1. The van der Waals surface area contributed by atoms with Gasteiger partial charge in [0.05, 0.1) is 18.5 Å². The molecule has 1 aromatic heterocycles. The zero-order chi connectivity index (χ0) is 21.4. The monoisotopic (exact) mass is 419 g/mol. The Balaban J connectivity index is 1.99. The molecule has 1 aliphatic heterocycles. The van der Waals surface area contributed by atoms with E-state index in [0.717, 1.165) is 5.56 Å². The van der Waals surface area contributed by atoms with Crippen LogP contribution in [0.1, 0.15) is 16.7 Å². The van der Waals surface area contributed by atoms with Crippen LogP contribution in [0.15, 0.2) is 58.3 Å². The number of para-hydroxylation sites is 2. The summed E-state index contributed by atoms with van der Waals surface area (Å²) in [5.74, 6) is -0.973. The van der Waals surface area contributed by atoms with Crippen molar-refractivity contribution in [3.8, 4) is 11.6 Å². The van der Waals surface area contributed by atoms with Crippen molar-refractivity contribution in [1.82, 2.24) is 9.55 Å². The number of hydrogen-bond donors (Lipinski definition) is 2. The Morgan fingerprint density at radius 2 is 1.90 bits per heavy atom. The Bertz CT molecular complexity index is 1370. The molecule has 2 aromatic carbocycles. The molecule has 2 N–H and O–H groups in total. The molecule has 150 valence electrons. The number of nitrogens with one attached hydrogen (secondary N) is 1. The van der Waals surface area contributed by atoms with Gasteiger partial charge in [0.15, 0.2) is 10.5 Å². The van der Waals surface area contributed by atoms with E-state index in [0.29, 0.717) is 22.5 Å². The molecule has 3 aromatic rings. The number of rotatable bonds is 3. The number of aromatic nitrogens is 2. The standard InChI is InChI=1S/C22H17N3O4S/c1-12-7-3-6-10-17(12)25-20(27)15(19(26)24-22(25)30)11-14-13-8-4-5-9-16(13)23-18(14)21(28)29-2/h3-11,27H,1-2H3,(H,24,26,30)/b14-11+. The van der Waals surface area contributed by atoms with Crippen molar-refractivity contribution >= 4 is 41.2 Å². The molecule has 0 saturated carbocycles. The lowest BCUT2D eigenvalue weighted by Crippen LogP contribution is -2.18. The lowest BCUT2D eigenvalue weighted by atomic mass is 10.0. The number of methoxy groups -OCH3 is 1. The van der Waals surface area contributed by atoms with Crippen molar-refractivity contribution in [2.24, 2.45) is 4.99 Å². The first-order chi connectivity index (χ1) is 14.4. The van der Waals surface area contributed by atoms with Crippen LogP contribution >= 0.6 is 12.2 Å². The predicted octanol–water partition coefficient (Wildman–Crippen LogP) is 3.71. The number of ether oxygens (including phenoxy) is 1. The van der Waals surface area contributed by atoms with Gasteiger partial charge >= 0.3 is 5.97 Å². The Labute approximate surface area is 176 Å². The van der Waals surface area contributed by atoms with E-state index in [1.54, 1.807) is 30.3 Å². The van der Waals surface area contributed by atoms with E-state index in [2.05, 4.69) is 9.98 Å². The van der Waals surface area contributed by atoms with Gasteiger partial charge in [-0.25, -0.2) is 9.79 Å². The van der Waals surface area contributed by atoms with Crippen LogP contribution in [0.4, 0.5) is 5.69 Å². The predicted molar refractivity (Wildman–Crippen MR) is 117 cm³/mol. The first-order valence-corrected chi connectivity index (χ1v) is 9.46. The van der Waals surface area contributed by atoms with Crippen molar-refractivity contribution in [3.63, 3.8) is 0 Å². The van der Waals surface area contributed by atoms with E-state index < -0.39 is 11.5 Å². The van der Waals surface area contributed by atoms with Crippen molar-refractivity contribution in [3.05, 3.63) is 80.3 Å². The number of fused-ring (bicyclic) bond motifs is 1. The number of esters is 1. The molecule has 2 heterocycles. The number of H-pyrrole nitrogens is 1. The summed E-state index contributed by atoms with van der Waals surface area (Å²) in [6.07, 6.45) is 1.43. The van der Waals surface area contributed by atoms with Gasteiger partial charge in [-0.1, -0.05) is 36.4 Å². The fraction of sp³-hybridized carbons (Fsp3) is 0.0909. The van der Waals surface area contributed by atoms with E-state index in [1.165, 1.54) is 17.8 Å². The molecule has 1 aliphatic rings. The van der Waals surface area contributed by atoms with E-state index in [-0.39, 0.29) is 21.9 Å². The summed E-state index contributed by atoms with van der Waals surface area (Å²) in [7, 11) is 1.26. The van der Waals surface area contributed by atoms with Gasteiger partial charge in [-0.3, -0.25) is 14.3 Å². The van der Waals surface area contributed by atoms with Crippen LogP contribution < -0.4 is 5.56 Å². The molecule has 7 nitrogen and oxygen atoms in total. The molecule has 30 heavy (non-hydrogen) atoms. The van der Waals surface area contributed by atoms with Crippen molar-refractivity contribution in [2.75, 3.05) is 7.11 Å². The summed E-state index contributed by atoms with van der Waals surface area (Å²) in [5, 5.41) is 11.0. The number of aryl methyl sites for hydroxylation is 1. The van der Waals surface area contributed by atoms with Crippen LogP contribution in [0.3, 0.4) is 0 Å². The fourth-order valence-electron chi connectivity index (χ4n) is 3.36. The Morgan fingerprint density at radius 3 is 2.63 bits per heavy atom. The molecule has 0 spiro atoms. The maximum absolute atomic E-state index is 12.7. The zero-order valence-corrected chi connectivity index (χ0v) is 17.0. The highest BCUT2D eigenvalue weighted by Gasteiger charge is 2.28. The molecular formula is C22H17N3O4S. The number of carbonyl (C=O) groups excluding carboxylic acids is 1. The molecule has 0 unspecified atom stereocenters. The van der Waals surface area contributed by atoms with Crippen LogP contribution in [0.25, 0.3) is 17.3 Å². The normalized spacial score (nSPS) is 13.8. The molecule has 0 saturated heterocycles. The second kappa shape index (κ2) is 7.57. The molecule has 0 amide bonds. The molecule has 0 atom stereocenters. The summed E-state index contributed by atoms with van der Waals surface area (Å²) < 4.78 is 6.28. The average molecular weight is 419 g/mol. The largest absolute Gasteiger partial charge is 0.494 e. The van der Waals surface area contributed by atoms with Crippen LogP contribution in [0, 0.1) is 11.7 Å². The van der Waals surface area contributed by atoms with Gasteiger partial charge in [-0.15, -0.1) is 0 Å². The van der Waals surface area contributed by atoms with Gasteiger partial charge in [0.25, 0.3) is 5.56 Å². The van der Waals surface area contributed by atoms with Gasteiger partial charge in [0, 0.05) is 11.1 Å². The third kappa shape index (κ3) is 3.17. The van der Waals surface area contributed by atoms with Crippen molar-refractivity contribution in [1.29, 1.82) is 0 Å². The number of aromatic amines is 1. The van der Waals surface area contributed by atoms with Gasteiger partial charge in [-0.2, -0.15) is 0 Å². The Hall–Kier alpha value is -3.78. The van der Waals surface area contributed by atoms with Crippen molar-refractivity contribution < 1.29 is 14.6 Å². The number of hydrogen-bond acceptors (Lipinski definition) is 6. The van der Waals surface area contributed by atoms with Gasteiger partial charge in [0.2, 0.25) is 5.88 Å². The smallest absolute Gasteiger partial charge is 0.357 e. The molecule has 0 aliphatic carbocycles. The minimum atomic E-state index is -0.639. The maximum Gasteiger partial charge on any atom is 0.357 e. The van der Waals surface area contributed by atoms with Gasteiger partial charge < -0.3 is 9.84 Å². The van der Waals surface area contributed by atoms with E-state index in [4.69, 9.17) is 17.0 Å². The number of aliphatic imine (C=N–C) groups is 1. The van der Waals surface area contributed by atoms with Crippen LogP contribution in [0.5, 0.6) is 5.88 Å². The first kappa shape index (κ1) is 19.5. The highest BCUT2D eigenvalue weighted by Crippen LogP contribution is 2.37. The molecule has 0 radical (unpaired) electrons. The van der Waals surface area contributed by atoms with Gasteiger partial charge in [0.1, 0.15) is 5.56 Å². The quantitative estimate of drug-likeness (QED) is 0.498. The SMILES string of the molecule is COC(=O)C1=Nc2ccccc2/C1=C\c1c(O)n(-c2ccccc2C)c(=S)[nH]c1=O. The number of nitrogens with zero attached hydrogens (tertiary/aromatic N) is 2. The summed E-state index contributed by atoms with van der Waals surface area (Å²) in [6, 6.07) is 14.5. The van der Waals surface area contributed by atoms with Crippen molar-refractivity contribution in [2.45, 2.75) is 6.92 Å². The summed E-state index contributed by atoms with van der Waals surface area (Å²) in [5.41, 5.74) is 2.53. The summed E-state index contributed by atoms with van der Waals surface area (Å²) in [4.78, 5) is 31.9. The Morgan fingerprint density at radius 1 is 1.20 bits per heavy atom. The second-order valence-corrected chi connectivity index (χ2v) is 7.03. The maximum atomic E-state index is 12.7. The topological polar surface area (TPSA) is 96.7 Å². The molecule has 0 bridgehead atoms. The minimum Gasteiger partial charge on any atom is -0.494 e. The molecular weight excluding hydrogens is 402 g/mol. The highest BCUT2D eigenvalue weighted by atomic mass is 32.1. The van der Waals surface area contributed by atoms with Crippen LogP contribution in [0.2, 0.25) is 0 Å². The number of benzene rings is 2. The second-order valence-electron chi connectivity index (χ2n) is 6.65. The third-order valence-corrected chi connectivity index (χ3v) is 5.11. The van der Waals surface area contributed by atoms with Crippen LogP contribution in [-0.4, -0.2) is 33.4 Å². The molecule has 4 rings (SSSR count). The zero-order valence-electron chi connectivity index (χ0n) is 16.2. The lowest BCUT2D eigenvalue weighted by Gasteiger charge is -2.14.